The van der Waals surface area contributed by atoms with Crippen molar-refractivity contribution in [3.8, 4) is 11.3 Å². The molecule has 0 saturated carbocycles. The molecule has 0 bridgehead atoms. The van der Waals surface area contributed by atoms with Crippen LogP contribution in [-0.2, 0) is 6.54 Å². The van der Waals surface area contributed by atoms with Crippen molar-refractivity contribution in [1.82, 2.24) is 20.4 Å². The third-order valence-electron chi connectivity index (χ3n) is 3.34. The number of pyridine rings is 1. The van der Waals surface area contributed by atoms with Crippen LogP contribution in [0.1, 0.15) is 17.1 Å². The quantitative estimate of drug-likeness (QED) is 0.770. The van der Waals surface area contributed by atoms with Crippen molar-refractivity contribution in [2.45, 2.75) is 20.4 Å². The lowest BCUT2D eigenvalue weighted by Crippen LogP contribution is -2.04. The van der Waals surface area contributed by atoms with Crippen molar-refractivity contribution in [3.63, 3.8) is 0 Å². The molecule has 0 radical (unpaired) electrons. The summed E-state index contributed by atoms with van der Waals surface area (Å²) in [6.07, 6.45) is 0. The number of H-pyrrole nitrogens is 1. The maximum Gasteiger partial charge on any atom is 0.117 e. The van der Waals surface area contributed by atoms with Crippen LogP contribution in [0.15, 0.2) is 42.5 Å². The number of rotatable bonds is 4. The van der Waals surface area contributed by atoms with Gasteiger partial charge in [0.25, 0.3) is 0 Å². The van der Waals surface area contributed by atoms with Gasteiger partial charge in [0, 0.05) is 11.3 Å². The van der Waals surface area contributed by atoms with Crippen molar-refractivity contribution in [3.05, 3.63) is 59.5 Å². The summed E-state index contributed by atoms with van der Waals surface area (Å²) in [6, 6.07) is 14.1. The molecule has 106 valence electrons. The molecule has 5 nitrogen and oxygen atoms in total. The number of anilines is 1. The Morgan fingerprint density at radius 3 is 2.57 bits per heavy atom. The molecule has 3 aromatic rings. The van der Waals surface area contributed by atoms with E-state index in [1.54, 1.807) is 0 Å². The van der Waals surface area contributed by atoms with Gasteiger partial charge in [-0.15, -0.1) is 0 Å². The van der Waals surface area contributed by atoms with Gasteiger partial charge in [-0.3, -0.25) is 4.98 Å². The highest BCUT2D eigenvalue weighted by molar-refractivity contribution is 5.61. The molecule has 2 heterocycles. The Labute approximate surface area is 123 Å². The molecule has 0 aliphatic heterocycles. The summed E-state index contributed by atoms with van der Waals surface area (Å²) >= 11 is 0. The minimum Gasteiger partial charge on any atom is -0.378 e. The largest absolute Gasteiger partial charge is 0.378 e. The molecule has 0 fully saturated rings. The van der Waals surface area contributed by atoms with Crippen LogP contribution in [0.4, 0.5) is 5.69 Å². The van der Waals surface area contributed by atoms with E-state index in [4.69, 9.17) is 0 Å². The lowest BCUT2D eigenvalue weighted by atomic mass is 10.1. The van der Waals surface area contributed by atoms with E-state index >= 15 is 0 Å². The van der Waals surface area contributed by atoms with Crippen LogP contribution >= 0.6 is 0 Å². The van der Waals surface area contributed by atoms with Crippen molar-refractivity contribution in [2.24, 2.45) is 0 Å². The van der Waals surface area contributed by atoms with Crippen LogP contribution in [0.25, 0.3) is 11.3 Å². The Kier molecular flexibility index (Phi) is 3.64. The van der Waals surface area contributed by atoms with Gasteiger partial charge in [-0.2, -0.15) is 15.4 Å². The first-order chi connectivity index (χ1) is 10.2. The van der Waals surface area contributed by atoms with Crippen LogP contribution < -0.4 is 5.32 Å². The van der Waals surface area contributed by atoms with E-state index < -0.39 is 0 Å². The monoisotopic (exact) mass is 279 g/mol. The molecular formula is C16H17N5. The molecule has 0 amide bonds. The highest BCUT2D eigenvalue weighted by Crippen LogP contribution is 2.20. The van der Waals surface area contributed by atoms with Gasteiger partial charge in [0.1, 0.15) is 11.4 Å². The molecule has 0 saturated heterocycles. The van der Waals surface area contributed by atoms with Crippen molar-refractivity contribution < 1.29 is 0 Å². The first-order valence-corrected chi connectivity index (χ1v) is 6.87. The van der Waals surface area contributed by atoms with E-state index in [0.29, 0.717) is 6.54 Å². The number of nitrogens with one attached hydrogen (secondary N) is 2. The zero-order chi connectivity index (χ0) is 14.7. The number of nitrogens with zero attached hydrogens (tertiary/aromatic N) is 3. The Morgan fingerprint density at radius 1 is 1.00 bits per heavy atom. The number of hydrogen-bond acceptors (Lipinski definition) is 4. The molecule has 1 aromatic carbocycles. The lowest BCUT2D eigenvalue weighted by molar-refractivity contribution is 0.910. The average Bonchev–Trinajstić information content (AvgIpc) is 2.96. The summed E-state index contributed by atoms with van der Waals surface area (Å²) in [6.45, 7) is 4.59. The standard InChI is InChI=1S/C16H17N5/c1-11-8-9-14(12(2)18-11)17-10-15-16(20-21-19-15)13-6-4-3-5-7-13/h3-9,17H,10H2,1-2H3,(H,19,20,21). The Bertz CT molecular complexity index is 733. The first kappa shape index (κ1) is 13.3. The third-order valence-corrected chi connectivity index (χ3v) is 3.34. The smallest absolute Gasteiger partial charge is 0.117 e. The second kappa shape index (κ2) is 5.75. The van der Waals surface area contributed by atoms with Crippen molar-refractivity contribution >= 4 is 5.69 Å². The minimum atomic E-state index is 0.603. The SMILES string of the molecule is Cc1ccc(NCc2n[nH]nc2-c2ccccc2)c(C)n1. The van der Waals surface area contributed by atoms with Gasteiger partial charge in [-0.1, -0.05) is 30.3 Å². The third kappa shape index (κ3) is 2.91. The maximum absolute atomic E-state index is 4.45. The second-order valence-corrected chi connectivity index (χ2v) is 4.92. The van der Waals surface area contributed by atoms with Gasteiger partial charge >= 0.3 is 0 Å². The van der Waals surface area contributed by atoms with Crippen molar-refractivity contribution in [2.75, 3.05) is 5.32 Å². The summed E-state index contributed by atoms with van der Waals surface area (Å²) in [5.41, 5.74) is 5.84. The normalized spacial score (nSPS) is 10.6. The number of benzene rings is 1. The molecule has 3 rings (SSSR count). The predicted octanol–water partition coefficient (Wildman–Crippen LogP) is 3.10. The predicted molar refractivity (Wildman–Crippen MR) is 82.9 cm³/mol. The van der Waals surface area contributed by atoms with Crippen LogP contribution in [0.5, 0.6) is 0 Å². The lowest BCUT2D eigenvalue weighted by Gasteiger charge is -2.08. The van der Waals surface area contributed by atoms with Gasteiger partial charge in [0.2, 0.25) is 0 Å². The van der Waals surface area contributed by atoms with E-state index in [0.717, 1.165) is 34.0 Å². The van der Waals surface area contributed by atoms with Crippen molar-refractivity contribution in [1.29, 1.82) is 0 Å². The molecule has 0 spiro atoms. The molecule has 0 atom stereocenters. The van der Waals surface area contributed by atoms with Crippen LogP contribution in [0.3, 0.4) is 0 Å². The van der Waals surface area contributed by atoms with Gasteiger partial charge in [-0.25, -0.2) is 0 Å². The number of hydrogen-bond donors (Lipinski definition) is 2. The molecule has 21 heavy (non-hydrogen) atoms. The van der Waals surface area contributed by atoms with Gasteiger partial charge in [0.05, 0.1) is 17.9 Å². The molecule has 0 unspecified atom stereocenters. The van der Waals surface area contributed by atoms with Gasteiger partial charge in [-0.05, 0) is 26.0 Å². The van der Waals surface area contributed by atoms with Crippen LogP contribution in [0, 0.1) is 13.8 Å². The summed E-state index contributed by atoms with van der Waals surface area (Å²) in [5, 5.41) is 14.5. The molecular weight excluding hydrogens is 262 g/mol. The zero-order valence-corrected chi connectivity index (χ0v) is 12.1. The van der Waals surface area contributed by atoms with E-state index in [2.05, 4.69) is 25.7 Å². The Hall–Kier alpha value is -2.69. The maximum atomic E-state index is 4.45. The van der Waals surface area contributed by atoms with E-state index in [1.165, 1.54) is 0 Å². The number of aromatic nitrogens is 4. The topological polar surface area (TPSA) is 66.5 Å². The fourth-order valence-corrected chi connectivity index (χ4v) is 2.26. The summed E-state index contributed by atoms with van der Waals surface area (Å²) in [7, 11) is 0. The zero-order valence-electron chi connectivity index (χ0n) is 12.1. The average molecular weight is 279 g/mol. The summed E-state index contributed by atoms with van der Waals surface area (Å²) < 4.78 is 0. The second-order valence-electron chi connectivity index (χ2n) is 4.92. The summed E-state index contributed by atoms with van der Waals surface area (Å²) in [4.78, 5) is 4.45. The Morgan fingerprint density at radius 2 is 1.81 bits per heavy atom. The summed E-state index contributed by atoms with van der Waals surface area (Å²) in [5.74, 6) is 0. The van der Waals surface area contributed by atoms with Gasteiger partial charge in [0.15, 0.2) is 0 Å². The highest BCUT2D eigenvalue weighted by Gasteiger charge is 2.10. The molecule has 5 heteroatoms. The number of aromatic amines is 1. The number of aryl methyl sites for hydroxylation is 2. The molecule has 2 aromatic heterocycles. The van der Waals surface area contributed by atoms with E-state index in [9.17, 15) is 0 Å². The molecule has 0 aliphatic carbocycles. The van der Waals surface area contributed by atoms with Gasteiger partial charge < -0.3 is 5.32 Å². The molecule has 0 aliphatic rings. The first-order valence-electron chi connectivity index (χ1n) is 6.87. The van der Waals surface area contributed by atoms with E-state index in [-0.39, 0.29) is 0 Å². The Balaban J connectivity index is 1.79. The fourth-order valence-electron chi connectivity index (χ4n) is 2.26. The highest BCUT2D eigenvalue weighted by atomic mass is 15.3. The minimum absolute atomic E-state index is 0.603. The van der Waals surface area contributed by atoms with Crippen LogP contribution in [-0.4, -0.2) is 20.4 Å². The molecule has 2 N–H and O–H groups in total. The fraction of sp³-hybridized carbons (Fsp3) is 0.188. The van der Waals surface area contributed by atoms with E-state index in [1.807, 2.05) is 56.3 Å². The van der Waals surface area contributed by atoms with Crippen LogP contribution in [0.2, 0.25) is 0 Å².